The average molecular weight is 1280 g/mol. The lowest BCUT2D eigenvalue weighted by Crippen LogP contribution is -2.46. The van der Waals surface area contributed by atoms with Crippen LogP contribution < -0.4 is 41.9 Å². The van der Waals surface area contributed by atoms with E-state index in [1.54, 1.807) is 36.8 Å². The number of morpholine rings is 1. The van der Waals surface area contributed by atoms with Crippen LogP contribution in [-0.4, -0.2) is 114 Å². The topological polar surface area (TPSA) is 214 Å². The summed E-state index contributed by atoms with van der Waals surface area (Å²) in [7, 11) is 0. The van der Waals surface area contributed by atoms with Crippen LogP contribution in [0, 0.1) is 0 Å². The van der Waals surface area contributed by atoms with Gasteiger partial charge in [-0.25, -0.2) is 15.0 Å². The number of benzene rings is 6. The standard InChI is InChI=1S/C28H21N5O2.C25H23N5O.C24H26N6O/c34-27(32-21-4-2-1-3-5-21)18-6-9-22(10-7-18)31-24-12-13-25(33-15-14-29-26(24)33)19-8-11-23-20(16-19)17-30-28(23)35;1-2-21(20-10-11-26-22(20)3-1)24-9-8-23(25-27-12-13-30(24)25)28-18-4-6-19(7-5-18)29-14-16-31-17-15-29;1-2-28-13-15-29(16-14-28)20-5-3-19(4-6-20)27-21-7-8-22(30-12-11-26-24(21)30)18-9-10-25-23(31)17-18/h1-16,31H,17H2,(H,30,35)(H,32,34);1-13,26,28H,14-17H2;3-12,17,27H,2,13-16H2,1H3,(H,25,31). The minimum atomic E-state index is -0.158. The molecule has 0 bridgehead atoms. The fourth-order valence-corrected chi connectivity index (χ4v) is 12.9. The molecule has 0 radical (unpaired) electrons. The Bertz CT molecular complexity index is 5180. The molecule has 0 saturated carbocycles. The van der Waals surface area contributed by atoms with Crippen LogP contribution in [-0.2, 0) is 11.3 Å². The fraction of sp³-hybridized carbons (Fsp3) is 0.143. The second-order valence-corrected chi connectivity index (χ2v) is 23.9. The van der Waals surface area contributed by atoms with Crippen LogP contribution in [0.15, 0.2) is 248 Å². The summed E-state index contributed by atoms with van der Waals surface area (Å²) in [5.74, 6) is -0.184. The van der Waals surface area contributed by atoms with Crippen LogP contribution in [0.2, 0.25) is 0 Å². The summed E-state index contributed by atoms with van der Waals surface area (Å²) >= 11 is 0. The van der Waals surface area contributed by atoms with Gasteiger partial charge < -0.3 is 56.0 Å². The quantitative estimate of drug-likeness (QED) is 0.0540. The Hall–Kier alpha value is -12.3. The van der Waals surface area contributed by atoms with Crippen molar-refractivity contribution in [3.05, 3.63) is 271 Å². The van der Waals surface area contributed by atoms with Crippen LogP contribution in [0.3, 0.4) is 0 Å². The molecule has 6 aromatic carbocycles. The number of carbonyl (C=O) groups is 2. The number of nitrogens with one attached hydrogen (secondary N) is 7. The van der Waals surface area contributed by atoms with Crippen LogP contribution in [0.4, 0.5) is 51.2 Å². The molecule has 7 N–H and O–H groups in total. The Labute approximate surface area is 558 Å². The van der Waals surface area contributed by atoms with E-state index in [0.29, 0.717) is 12.1 Å². The van der Waals surface area contributed by atoms with Crippen LogP contribution in [0.25, 0.3) is 61.6 Å². The summed E-state index contributed by atoms with van der Waals surface area (Å²) in [5, 5.41) is 17.4. The van der Waals surface area contributed by atoms with Gasteiger partial charge in [0.15, 0.2) is 16.9 Å². The lowest BCUT2D eigenvalue weighted by molar-refractivity contribution is 0.0964. The van der Waals surface area contributed by atoms with Crippen molar-refractivity contribution in [1.29, 1.82) is 0 Å². The lowest BCUT2D eigenvalue weighted by atomic mass is 10.0. The number of fused-ring (bicyclic) bond motifs is 5. The first-order valence-corrected chi connectivity index (χ1v) is 32.6. The SMILES string of the molecule is CCN1CCN(c2ccc(Nc3ccc(-c4cc[nH]c(=O)c4)n4ccnc34)cc2)CC1.O=C(Nc1ccccc1)c1ccc(Nc2ccc(-c3ccc4c(c3)CNC4=O)n3ccnc23)cc1.c1cc(-c2ccc(Nc3ccc(N4CCOCC4)cc3)c3nccn23)c2cc[nH]c2c1. The van der Waals surface area contributed by atoms with Crippen molar-refractivity contribution in [3.8, 4) is 33.8 Å². The molecule has 0 spiro atoms. The van der Waals surface area contributed by atoms with E-state index in [-0.39, 0.29) is 17.4 Å². The number of ether oxygens (including phenoxy) is 1. The van der Waals surface area contributed by atoms with Gasteiger partial charge in [0.2, 0.25) is 5.56 Å². The minimum Gasteiger partial charge on any atom is -0.378 e. The third-order valence-electron chi connectivity index (χ3n) is 18.0. The molecule has 14 aromatic rings. The number of H-pyrrole nitrogens is 2. The van der Waals surface area contributed by atoms with Crippen LogP contribution in [0.5, 0.6) is 0 Å². The molecule has 8 aromatic heterocycles. The molecule has 0 atom stereocenters. The number of para-hydroxylation sites is 1. The first kappa shape index (κ1) is 60.9. The van der Waals surface area contributed by atoms with E-state index < -0.39 is 0 Å². The highest BCUT2D eigenvalue weighted by Crippen LogP contribution is 2.35. The Morgan fingerprint density at radius 2 is 1.04 bits per heavy atom. The van der Waals surface area contributed by atoms with E-state index in [9.17, 15) is 14.4 Å². The van der Waals surface area contributed by atoms with Gasteiger partial charge in [0.05, 0.1) is 47.4 Å². The molecule has 0 unspecified atom stereocenters. The van der Waals surface area contributed by atoms with Gasteiger partial charge in [-0.3, -0.25) is 27.6 Å². The summed E-state index contributed by atoms with van der Waals surface area (Å²) in [4.78, 5) is 63.1. The number of carbonyl (C=O) groups excluding carboxylic acids is 2. The predicted octanol–water partition coefficient (Wildman–Crippen LogP) is 13.9. The molecule has 20 heteroatoms. The molecule has 0 aliphatic carbocycles. The van der Waals surface area contributed by atoms with Crippen molar-refractivity contribution in [2.75, 3.05) is 90.1 Å². The average Bonchev–Trinajstić information content (AvgIpc) is 1.72. The van der Waals surface area contributed by atoms with Gasteiger partial charge >= 0.3 is 0 Å². The van der Waals surface area contributed by atoms with Crippen molar-refractivity contribution in [3.63, 3.8) is 0 Å². The summed E-state index contributed by atoms with van der Waals surface area (Å²) in [6.07, 6.45) is 14.9. The molecule has 2 amide bonds. The van der Waals surface area contributed by atoms with Crippen molar-refractivity contribution < 1.29 is 14.3 Å². The normalized spacial score (nSPS) is 13.8. The maximum atomic E-state index is 12.5. The monoisotopic (exact) mass is 1280 g/mol. The number of piperazine rings is 1. The van der Waals surface area contributed by atoms with Crippen molar-refractivity contribution in [1.82, 2.24) is 48.3 Å². The number of amides is 2. The van der Waals surface area contributed by atoms with E-state index in [4.69, 9.17) is 4.74 Å². The van der Waals surface area contributed by atoms with Crippen molar-refractivity contribution in [2.24, 2.45) is 0 Å². The first-order valence-electron chi connectivity index (χ1n) is 32.6. The Balaban J connectivity index is 0.000000119. The zero-order valence-corrected chi connectivity index (χ0v) is 53.3. The number of hydrogen-bond donors (Lipinski definition) is 7. The first-order chi connectivity index (χ1) is 47.7. The second kappa shape index (κ2) is 27.4. The van der Waals surface area contributed by atoms with E-state index in [2.05, 4.69) is 162 Å². The minimum absolute atomic E-state index is 0.0255. The van der Waals surface area contributed by atoms with E-state index in [1.807, 2.05) is 131 Å². The number of aromatic amines is 2. The van der Waals surface area contributed by atoms with E-state index in [0.717, 1.165) is 161 Å². The largest absolute Gasteiger partial charge is 0.378 e. The van der Waals surface area contributed by atoms with Crippen molar-refractivity contribution >= 4 is 90.8 Å². The zero-order valence-electron chi connectivity index (χ0n) is 53.3. The molecule has 17 rings (SSSR count). The van der Waals surface area contributed by atoms with Crippen LogP contribution >= 0.6 is 0 Å². The molecule has 11 heterocycles. The van der Waals surface area contributed by atoms with Gasteiger partial charge in [-0.2, -0.15) is 0 Å². The summed E-state index contributed by atoms with van der Waals surface area (Å²) in [6.45, 7) is 11.7. The number of anilines is 9. The highest BCUT2D eigenvalue weighted by Gasteiger charge is 2.22. The van der Waals surface area contributed by atoms with Gasteiger partial charge in [0.1, 0.15) is 0 Å². The summed E-state index contributed by atoms with van der Waals surface area (Å²) < 4.78 is 11.6. The third kappa shape index (κ3) is 13.1. The Morgan fingerprint density at radius 3 is 1.63 bits per heavy atom. The molecule has 97 heavy (non-hydrogen) atoms. The van der Waals surface area contributed by atoms with Crippen LogP contribution in [0.1, 0.15) is 33.2 Å². The zero-order chi connectivity index (χ0) is 65.6. The van der Waals surface area contributed by atoms with Gasteiger partial charge in [-0.1, -0.05) is 43.3 Å². The smallest absolute Gasteiger partial charge is 0.255 e. The number of hydrogen-bond acceptors (Lipinski definition) is 13. The fourth-order valence-electron chi connectivity index (χ4n) is 12.9. The third-order valence-corrected chi connectivity index (χ3v) is 18.0. The molecular weight excluding hydrogens is 1210 g/mol. The van der Waals surface area contributed by atoms with Gasteiger partial charge in [-0.15, -0.1) is 0 Å². The Morgan fingerprint density at radius 1 is 0.495 bits per heavy atom. The van der Waals surface area contributed by atoms with Gasteiger partial charge in [-0.05, 0) is 169 Å². The molecule has 3 aliphatic heterocycles. The number of rotatable bonds is 14. The maximum Gasteiger partial charge on any atom is 0.255 e. The highest BCUT2D eigenvalue weighted by molar-refractivity contribution is 6.04. The molecule has 20 nitrogen and oxygen atoms in total. The van der Waals surface area contributed by atoms with Crippen molar-refractivity contribution in [2.45, 2.75) is 13.5 Å². The van der Waals surface area contributed by atoms with Gasteiger partial charge in [0, 0.05) is 169 Å². The number of aromatic nitrogens is 8. The summed E-state index contributed by atoms with van der Waals surface area (Å²) in [6, 6.07) is 64.0. The maximum absolute atomic E-state index is 12.5. The van der Waals surface area contributed by atoms with E-state index in [1.165, 1.54) is 22.3 Å². The molecular formula is C77H70N16O4. The Kier molecular flexibility index (Phi) is 17.2. The predicted molar refractivity (Wildman–Crippen MR) is 386 cm³/mol. The molecule has 3 aliphatic rings. The second-order valence-electron chi connectivity index (χ2n) is 23.9. The molecule has 2 saturated heterocycles. The number of nitrogens with zero attached hydrogens (tertiary/aromatic N) is 9. The number of imidazole rings is 3. The number of pyridine rings is 4. The lowest BCUT2D eigenvalue weighted by Gasteiger charge is -2.35. The molecule has 482 valence electrons. The molecule has 2 fully saturated rings. The number of likely N-dealkylation sites (N-methyl/N-ethyl adjacent to an activating group) is 1. The van der Waals surface area contributed by atoms with Gasteiger partial charge in [0.25, 0.3) is 11.8 Å². The summed E-state index contributed by atoms with van der Waals surface area (Å²) in [5.41, 5.74) is 20.8. The highest BCUT2D eigenvalue weighted by atomic mass is 16.5. The van der Waals surface area contributed by atoms with E-state index >= 15 is 0 Å².